The third-order valence-electron chi connectivity index (χ3n) is 6.64. The lowest BCUT2D eigenvalue weighted by atomic mass is 9.93. The topological polar surface area (TPSA) is 108 Å². The van der Waals surface area contributed by atoms with Gasteiger partial charge in [-0.1, -0.05) is 18.2 Å². The molecular weight excluding hydrogens is 523 g/mol. The highest BCUT2D eigenvalue weighted by atomic mass is 19.1. The van der Waals surface area contributed by atoms with Crippen LogP contribution < -0.4 is 10.6 Å². The fourth-order valence-corrected chi connectivity index (χ4v) is 4.88. The molecule has 0 saturated heterocycles. The molecule has 2 amide bonds. The first-order valence-corrected chi connectivity index (χ1v) is 12.3. The second-order valence-corrected chi connectivity index (χ2v) is 9.40. The molecule has 1 unspecified atom stereocenters. The van der Waals surface area contributed by atoms with E-state index in [-0.39, 0.29) is 24.0 Å². The number of nitrogens with zero attached hydrogens (tertiary/aromatic N) is 1. The van der Waals surface area contributed by atoms with Gasteiger partial charge in [-0.3, -0.25) is 14.6 Å². The first-order chi connectivity index (χ1) is 19.2. The number of aromatic nitrogens is 1. The number of carboxylic acids is 1. The Morgan fingerprint density at radius 2 is 1.73 bits per heavy atom. The van der Waals surface area contributed by atoms with E-state index in [0.29, 0.717) is 28.1 Å². The van der Waals surface area contributed by atoms with E-state index in [1.807, 2.05) is 0 Å². The smallest absolute Gasteiger partial charge is 0.335 e. The molecule has 7 nitrogen and oxygen atoms in total. The standard InChI is InChI=1S/C30H22F3N3O4/c31-19-6-7-25-23(14-19)24(29(38)36-25)15-27(37)35-26(11-16-9-20(32)13-21(33)10-16)28-22(5-2-8-34-28)17-3-1-4-18(12-17)30(39)40/h1-10,12-14,24,26H,11,15H2,(H,35,37)(H,36,38)(H,39,40)/t24?,26-/m0/s1. The van der Waals surface area contributed by atoms with E-state index in [1.165, 1.54) is 36.5 Å². The monoisotopic (exact) mass is 545 g/mol. The number of rotatable bonds is 8. The maximum atomic E-state index is 14.0. The summed E-state index contributed by atoms with van der Waals surface area (Å²) in [5.41, 5.74) is 2.38. The summed E-state index contributed by atoms with van der Waals surface area (Å²) in [5, 5.41) is 14.9. The summed E-state index contributed by atoms with van der Waals surface area (Å²) in [4.78, 5) is 41.9. The van der Waals surface area contributed by atoms with E-state index in [9.17, 15) is 32.7 Å². The van der Waals surface area contributed by atoms with Gasteiger partial charge in [-0.05, 0) is 71.6 Å². The van der Waals surface area contributed by atoms with Gasteiger partial charge in [-0.15, -0.1) is 0 Å². The van der Waals surface area contributed by atoms with Crippen LogP contribution >= 0.6 is 0 Å². The Morgan fingerprint density at radius 1 is 0.950 bits per heavy atom. The number of fused-ring (bicyclic) bond motifs is 1. The molecule has 1 aromatic heterocycles. The number of benzene rings is 3. The van der Waals surface area contributed by atoms with Crippen LogP contribution in [0.15, 0.2) is 79.0 Å². The van der Waals surface area contributed by atoms with E-state index in [0.717, 1.165) is 18.2 Å². The van der Waals surface area contributed by atoms with Gasteiger partial charge in [0.15, 0.2) is 0 Å². The molecule has 2 heterocycles. The zero-order chi connectivity index (χ0) is 28.4. The average Bonchev–Trinajstić information content (AvgIpc) is 3.21. The number of carboxylic acid groups (broad SMARTS) is 1. The minimum absolute atomic E-state index is 0.0400. The van der Waals surface area contributed by atoms with Crippen LogP contribution in [0.4, 0.5) is 18.9 Å². The van der Waals surface area contributed by atoms with Crippen LogP contribution in [0, 0.1) is 17.5 Å². The van der Waals surface area contributed by atoms with Gasteiger partial charge in [0.25, 0.3) is 0 Å². The van der Waals surface area contributed by atoms with Crippen molar-refractivity contribution in [3.63, 3.8) is 0 Å². The summed E-state index contributed by atoms with van der Waals surface area (Å²) in [6.07, 6.45) is 1.10. The fourth-order valence-electron chi connectivity index (χ4n) is 4.88. The summed E-state index contributed by atoms with van der Waals surface area (Å²) in [7, 11) is 0. The number of amides is 2. The number of halogens is 3. The quantitative estimate of drug-likeness (QED) is 0.275. The lowest BCUT2D eigenvalue weighted by molar-refractivity contribution is -0.125. The van der Waals surface area contributed by atoms with E-state index < -0.39 is 47.2 Å². The second-order valence-electron chi connectivity index (χ2n) is 9.40. The van der Waals surface area contributed by atoms with Crippen molar-refractivity contribution < 1.29 is 32.7 Å². The Hall–Kier alpha value is -4.99. The molecule has 40 heavy (non-hydrogen) atoms. The van der Waals surface area contributed by atoms with Crippen LogP contribution in [0.5, 0.6) is 0 Å². The normalized spacial score (nSPS) is 14.8. The SMILES string of the molecule is O=C(CC1C(=O)Nc2ccc(F)cc21)N[C@@H](Cc1cc(F)cc(F)c1)c1ncccc1-c1cccc(C(=O)O)c1. The Bertz CT molecular complexity index is 1620. The van der Waals surface area contributed by atoms with E-state index in [4.69, 9.17) is 0 Å². The number of carbonyl (C=O) groups is 3. The molecule has 0 saturated carbocycles. The summed E-state index contributed by atoms with van der Waals surface area (Å²) in [6, 6.07) is 15.4. The van der Waals surface area contributed by atoms with Gasteiger partial charge in [-0.25, -0.2) is 18.0 Å². The van der Waals surface area contributed by atoms with Crippen molar-refractivity contribution in [2.45, 2.75) is 24.8 Å². The van der Waals surface area contributed by atoms with Gasteiger partial charge in [-0.2, -0.15) is 0 Å². The molecule has 1 aliphatic heterocycles. The highest BCUT2D eigenvalue weighted by molar-refractivity contribution is 6.05. The minimum Gasteiger partial charge on any atom is -0.478 e. The molecule has 4 aromatic rings. The molecular formula is C30H22F3N3O4. The molecule has 0 spiro atoms. The largest absolute Gasteiger partial charge is 0.478 e. The van der Waals surface area contributed by atoms with Crippen molar-refractivity contribution >= 4 is 23.5 Å². The van der Waals surface area contributed by atoms with Crippen molar-refractivity contribution in [2.75, 3.05) is 5.32 Å². The molecule has 1 aliphatic rings. The lowest BCUT2D eigenvalue weighted by Gasteiger charge is -2.22. The van der Waals surface area contributed by atoms with Gasteiger partial charge in [0.1, 0.15) is 17.5 Å². The van der Waals surface area contributed by atoms with Gasteiger partial charge in [0, 0.05) is 29.9 Å². The van der Waals surface area contributed by atoms with Crippen LogP contribution in [0.1, 0.15) is 45.6 Å². The molecule has 0 bridgehead atoms. The first-order valence-electron chi connectivity index (χ1n) is 12.3. The highest BCUT2D eigenvalue weighted by Crippen LogP contribution is 2.36. The number of aromatic carboxylic acids is 1. The number of hydrogen-bond acceptors (Lipinski definition) is 4. The Kier molecular flexibility index (Phi) is 7.33. The fraction of sp³-hybridized carbons (Fsp3) is 0.133. The van der Waals surface area contributed by atoms with Crippen LogP contribution in [0.2, 0.25) is 0 Å². The summed E-state index contributed by atoms with van der Waals surface area (Å²) in [6.45, 7) is 0. The predicted molar refractivity (Wildman–Crippen MR) is 140 cm³/mol. The van der Waals surface area contributed by atoms with Crippen LogP contribution in [-0.2, 0) is 16.0 Å². The second kappa shape index (κ2) is 11.0. The summed E-state index contributed by atoms with van der Waals surface area (Å²) < 4.78 is 41.9. The molecule has 3 aromatic carbocycles. The van der Waals surface area contributed by atoms with Crippen LogP contribution in [-0.4, -0.2) is 27.9 Å². The Morgan fingerprint density at radius 3 is 2.48 bits per heavy atom. The minimum atomic E-state index is -1.13. The van der Waals surface area contributed by atoms with Gasteiger partial charge < -0.3 is 15.7 Å². The molecule has 0 fully saturated rings. The predicted octanol–water partition coefficient (Wildman–Crippen LogP) is 5.39. The van der Waals surface area contributed by atoms with Gasteiger partial charge in [0.2, 0.25) is 11.8 Å². The van der Waals surface area contributed by atoms with Crippen LogP contribution in [0.3, 0.4) is 0 Å². The molecule has 5 rings (SSSR count). The molecule has 10 heteroatoms. The summed E-state index contributed by atoms with van der Waals surface area (Å²) in [5.74, 6) is -5.23. The average molecular weight is 546 g/mol. The first kappa shape index (κ1) is 26.6. The maximum absolute atomic E-state index is 14.0. The lowest BCUT2D eigenvalue weighted by Crippen LogP contribution is -2.33. The van der Waals surface area contributed by atoms with E-state index >= 15 is 0 Å². The molecule has 2 atom stereocenters. The zero-order valence-electron chi connectivity index (χ0n) is 20.8. The maximum Gasteiger partial charge on any atom is 0.335 e. The number of pyridine rings is 1. The zero-order valence-corrected chi connectivity index (χ0v) is 20.8. The van der Waals surface area contributed by atoms with Crippen LogP contribution in [0.25, 0.3) is 11.1 Å². The molecule has 0 radical (unpaired) electrons. The van der Waals surface area contributed by atoms with Crippen molar-refractivity contribution in [1.82, 2.24) is 10.3 Å². The summed E-state index contributed by atoms with van der Waals surface area (Å²) >= 11 is 0. The van der Waals surface area contributed by atoms with E-state index in [1.54, 1.807) is 24.3 Å². The van der Waals surface area contributed by atoms with Gasteiger partial charge >= 0.3 is 5.97 Å². The molecule has 202 valence electrons. The van der Waals surface area contributed by atoms with Crippen molar-refractivity contribution in [1.29, 1.82) is 0 Å². The van der Waals surface area contributed by atoms with Gasteiger partial charge in [0.05, 0.1) is 23.2 Å². The number of hydrogen-bond donors (Lipinski definition) is 3. The number of anilines is 1. The Labute approximate surface area is 226 Å². The van der Waals surface area contributed by atoms with Crippen molar-refractivity contribution in [3.05, 3.63) is 119 Å². The number of carbonyl (C=O) groups excluding carboxylic acids is 2. The number of nitrogens with one attached hydrogen (secondary N) is 2. The van der Waals surface area contributed by atoms with Crippen molar-refractivity contribution in [3.8, 4) is 11.1 Å². The third-order valence-corrected chi connectivity index (χ3v) is 6.64. The van der Waals surface area contributed by atoms with Crippen molar-refractivity contribution in [2.24, 2.45) is 0 Å². The third kappa shape index (κ3) is 5.70. The molecule has 3 N–H and O–H groups in total. The molecule has 0 aliphatic carbocycles. The Balaban J connectivity index is 1.50. The van der Waals surface area contributed by atoms with E-state index in [2.05, 4.69) is 15.6 Å². The highest BCUT2D eigenvalue weighted by Gasteiger charge is 2.33.